The zero-order chi connectivity index (χ0) is 27.8. The lowest BCUT2D eigenvalue weighted by atomic mass is 10.1. The minimum Gasteiger partial charge on any atom is -0.491 e. The SMILES string of the molecule is Cc1ccccc1-n1nc(CNC(=O)CN2CCN(CC(O)COc3ccc(F)cc3)CC2)cc1CC(C)C. The molecule has 2 aromatic carbocycles. The summed E-state index contributed by atoms with van der Waals surface area (Å²) in [4.78, 5) is 17.0. The number of carbonyl (C=O) groups is 1. The molecule has 1 saturated heterocycles. The van der Waals surface area contributed by atoms with Gasteiger partial charge in [-0.25, -0.2) is 9.07 Å². The monoisotopic (exact) mass is 537 g/mol. The summed E-state index contributed by atoms with van der Waals surface area (Å²) in [6.07, 6.45) is 0.261. The van der Waals surface area contributed by atoms with Gasteiger partial charge in [-0.2, -0.15) is 5.10 Å². The number of β-amino-alcohol motifs (C(OH)–C–C–N with tert-alkyl or cyclic N) is 1. The lowest BCUT2D eigenvalue weighted by Crippen LogP contribution is -2.51. The fourth-order valence-electron chi connectivity index (χ4n) is 4.79. The first-order chi connectivity index (χ1) is 18.8. The van der Waals surface area contributed by atoms with Gasteiger partial charge in [0, 0.05) is 38.4 Å². The van der Waals surface area contributed by atoms with Crippen molar-refractivity contribution < 1.29 is 19.0 Å². The van der Waals surface area contributed by atoms with Gasteiger partial charge >= 0.3 is 0 Å². The van der Waals surface area contributed by atoms with E-state index < -0.39 is 6.10 Å². The van der Waals surface area contributed by atoms with Gasteiger partial charge in [-0.1, -0.05) is 32.0 Å². The van der Waals surface area contributed by atoms with E-state index in [1.54, 1.807) is 12.1 Å². The van der Waals surface area contributed by atoms with E-state index in [0.29, 0.717) is 31.3 Å². The Hall–Kier alpha value is -3.27. The van der Waals surface area contributed by atoms with Crippen molar-refractivity contribution in [1.82, 2.24) is 24.9 Å². The van der Waals surface area contributed by atoms with Crippen molar-refractivity contribution >= 4 is 5.91 Å². The van der Waals surface area contributed by atoms with Crippen molar-refractivity contribution in [3.63, 3.8) is 0 Å². The molecule has 39 heavy (non-hydrogen) atoms. The zero-order valence-corrected chi connectivity index (χ0v) is 23.1. The Morgan fingerprint density at radius 1 is 1.08 bits per heavy atom. The van der Waals surface area contributed by atoms with E-state index in [4.69, 9.17) is 9.84 Å². The van der Waals surface area contributed by atoms with E-state index in [9.17, 15) is 14.3 Å². The first-order valence-electron chi connectivity index (χ1n) is 13.7. The first kappa shape index (κ1) is 28.7. The quantitative estimate of drug-likeness (QED) is 0.369. The number of aryl methyl sites for hydroxylation is 1. The number of amides is 1. The minimum absolute atomic E-state index is 0.0213. The van der Waals surface area contributed by atoms with Crippen molar-refractivity contribution in [3.8, 4) is 11.4 Å². The summed E-state index contributed by atoms with van der Waals surface area (Å²) in [5.41, 5.74) is 4.22. The van der Waals surface area contributed by atoms with E-state index in [0.717, 1.165) is 55.2 Å². The molecule has 210 valence electrons. The Bertz CT molecular complexity index is 1210. The average molecular weight is 538 g/mol. The number of carbonyl (C=O) groups excluding carboxylic acids is 1. The highest BCUT2D eigenvalue weighted by Gasteiger charge is 2.21. The first-order valence-corrected chi connectivity index (χ1v) is 13.7. The van der Waals surface area contributed by atoms with Crippen LogP contribution in [0.25, 0.3) is 5.69 Å². The van der Waals surface area contributed by atoms with Crippen LogP contribution in [0, 0.1) is 18.7 Å². The lowest BCUT2D eigenvalue weighted by Gasteiger charge is -2.35. The predicted octanol–water partition coefficient (Wildman–Crippen LogP) is 3.19. The Kier molecular flexibility index (Phi) is 10.1. The van der Waals surface area contributed by atoms with Crippen LogP contribution >= 0.6 is 0 Å². The van der Waals surface area contributed by atoms with E-state index in [1.165, 1.54) is 12.1 Å². The number of benzene rings is 2. The Morgan fingerprint density at radius 2 is 1.77 bits per heavy atom. The number of halogens is 1. The molecule has 4 rings (SSSR count). The van der Waals surface area contributed by atoms with E-state index in [1.807, 2.05) is 16.8 Å². The van der Waals surface area contributed by atoms with Crippen LogP contribution in [0.5, 0.6) is 5.75 Å². The van der Waals surface area contributed by atoms with Crippen LogP contribution in [-0.2, 0) is 17.8 Å². The molecule has 1 atom stereocenters. The number of aromatic nitrogens is 2. The maximum absolute atomic E-state index is 13.0. The van der Waals surface area contributed by atoms with Gasteiger partial charge in [-0.3, -0.25) is 14.6 Å². The number of hydrogen-bond donors (Lipinski definition) is 2. The Morgan fingerprint density at radius 3 is 2.46 bits per heavy atom. The standard InChI is InChI=1S/C30H40FN5O3/c1-22(2)16-26-17-25(33-36(26)29-7-5-4-6-23(29)3)18-32-30(38)20-35-14-12-34(13-15-35)19-27(37)21-39-28-10-8-24(31)9-11-28/h4-11,17,22,27,37H,12-16,18-21H2,1-3H3,(H,32,38). The predicted molar refractivity (Wildman–Crippen MR) is 149 cm³/mol. The third-order valence-electron chi connectivity index (χ3n) is 6.82. The summed E-state index contributed by atoms with van der Waals surface area (Å²) >= 11 is 0. The zero-order valence-electron chi connectivity index (χ0n) is 23.1. The fourth-order valence-corrected chi connectivity index (χ4v) is 4.79. The highest BCUT2D eigenvalue weighted by atomic mass is 19.1. The Labute approximate surface area is 230 Å². The van der Waals surface area contributed by atoms with Crippen molar-refractivity contribution in [2.24, 2.45) is 5.92 Å². The molecule has 0 bridgehead atoms. The molecule has 3 aromatic rings. The molecule has 0 radical (unpaired) electrons. The topological polar surface area (TPSA) is 82.9 Å². The van der Waals surface area contributed by atoms with E-state index >= 15 is 0 Å². The maximum atomic E-state index is 13.0. The van der Waals surface area contributed by atoms with Gasteiger partial charge in [0.05, 0.1) is 24.5 Å². The van der Waals surface area contributed by atoms with Crippen LogP contribution in [0.4, 0.5) is 4.39 Å². The van der Waals surface area contributed by atoms with Gasteiger partial charge in [-0.05, 0) is 61.2 Å². The number of rotatable bonds is 12. The largest absolute Gasteiger partial charge is 0.491 e. The van der Waals surface area contributed by atoms with Gasteiger partial charge < -0.3 is 15.2 Å². The van der Waals surface area contributed by atoms with Gasteiger partial charge in [0.2, 0.25) is 5.91 Å². The van der Waals surface area contributed by atoms with Crippen molar-refractivity contribution in [1.29, 1.82) is 0 Å². The molecule has 1 unspecified atom stereocenters. The van der Waals surface area contributed by atoms with Crippen LogP contribution in [-0.4, -0.2) is 82.6 Å². The highest BCUT2D eigenvalue weighted by molar-refractivity contribution is 5.78. The van der Waals surface area contributed by atoms with Crippen molar-refractivity contribution in [2.45, 2.75) is 39.8 Å². The van der Waals surface area contributed by atoms with Crippen LogP contribution in [0.3, 0.4) is 0 Å². The molecule has 0 spiro atoms. The summed E-state index contributed by atoms with van der Waals surface area (Å²) < 4.78 is 20.6. The second-order valence-corrected chi connectivity index (χ2v) is 10.7. The molecule has 8 nitrogen and oxygen atoms in total. The van der Waals surface area contributed by atoms with Crippen LogP contribution in [0.2, 0.25) is 0 Å². The van der Waals surface area contributed by atoms with E-state index in [2.05, 4.69) is 54.1 Å². The molecule has 0 saturated carbocycles. The normalized spacial score (nSPS) is 15.4. The fraction of sp³-hybridized carbons (Fsp3) is 0.467. The van der Waals surface area contributed by atoms with E-state index in [-0.39, 0.29) is 18.3 Å². The molecule has 2 N–H and O–H groups in total. The number of para-hydroxylation sites is 1. The summed E-state index contributed by atoms with van der Waals surface area (Å²) in [6, 6.07) is 16.1. The summed E-state index contributed by atoms with van der Waals surface area (Å²) in [7, 11) is 0. The molecule has 1 aromatic heterocycles. The van der Waals surface area contributed by atoms with Gasteiger partial charge in [0.15, 0.2) is 0 Å². The van der Waals surface area contributed by atoms with Gasteiger partial charge in [0.25, 0.3) is 0 Å². The van der Waals surface area contributed by atoms with Crippen LogP contribution < -0.4 is 10.1 Å². The van der Waals surface area contributed by atoms with Crippen LogP contribution in [0.15, 0.2) is 54.6 Å². The molecular weight excluding hydrogens is 497 g/mol. The second-order valence-electron chi connectivity index (χ2n) is 10.7. The smallest absolute Gasteiger partial charge is 0.234 e. The number of nitrogens with zero attached hydrogens (tertiary/aromatic N) is 4. The molecule has 1 aliphatic heterocycles. The van der Waals surface area contributed by atoms with Crippen molar-refractivity contribution in [2.75, 3.05) is 45.9 Å². The highest BCUT2D eigenvalue weighted by Crippen LogP contribution is 2.19. The molecule has 9 heteroatoms. The lowest BCUT2D eigenvalue weighted by molar-refractivity contribution is -0.122. The molecular formula is C30H40FN5O3. The summed E-state index contributed by atoms with van der Waals surface area (Å²) in [6.45, 7) is 10.9. The second kappa shape index (κ2) is 13.7. The maximum Gasteiger partial charge on any atom is 0.234 e. The average Bonchev–Trinajstić information content (AvgIpc) is 3.30. The van der Waals surface area contributed by atoms with Crippen molar-refractivity contribution in [3.05, 3.63) is 77.4 Å². The number of aliphatic hydroxyl groups is 1. The third-order valence-corrected chi connectivity index (χ3v) is 6.82. The third kappa shape index (κ3) is 8.61. The molecule has 1 amide bonds. The Balaban J connectivity index is 1.20. The molecule has 1 fully saturated rings. The number of piperazine rings is 1. The molecule has 0 aliphatic carbocycles. The number of hydrogen-bond acceptors (Lipinski definition) is 6. The van der Waals surface area contributed by atoms with Gasteiger partial charge in [-0.15, -0.1) is 0 Å². The van der Waals surface area contributed by atoms with Gasteiger partial charge in [0.1, 0.15) is 24.3 Å². The number of ether oxygens (including phenoxy) is 1. The molecule has 2 heterocycles. The minimum atomic E-state index is -0.648. The number of nitrogens with one attached hydrogen (secondary N) is 1. The van der Waals surface area contributed by atoms with Crippen LogP contribution in [0.1, 0.15) is 30.8 Å². The molecule has 1 aliphatic rings. The number of aliphatic hydroxyl groups excluding tert-OH is 1. The summed E-state index contributed by atoms with van der Waals surface area (Å²) in [5, 5.41) is 18.2. The summed E-state index contributed by atoms with van der Waals surface area (Å²) in [5.74, 6) is 0.685.